The minimum atomic E-state index is -0.226. The Kier molecular flexibility index (Phi) is 5.89. The van der Waals surface area contributed by atoms with Crippen LogP contribution in [0.25, 0.3) is 5.57 Å². The first-order valence-corrected chi connectivity index (χ1v) is 11.2. The zero-order chi connectivity index (χ0) is 22.1. The van der Waals surface area contributed by atoms with Crippen molar-refractivity contribution in [3.05, 3.63) is 70.8 Å². The predicted molar refractivity (Wildman–Crippen MR) is 123 cm³/mol. The number of aromatic hydroxyl groups is 1. The van der Waals surface area contributed by atoms with Crippen LogP contribution in [-0.4, -0.2) is 56.0 Å². The fraction of sp³-hybridized carbons (Fsp3) is 0.385. The summed E-state index contributed by atoms with van der Waals surface area (Å²) in [5.74, 6) is 2.04. The third-order valence-corrected chi connectivity index (χ3v) is 6.54. The van der Waals surface area contributed by atoms with Crippen molar-refractivity contribution in [1.82, 2.24) is 10.2 Å². The van der Waals surface area contributed by atoms with Gasteiger partial charge in [0.25, 0.3) is 0 Å². The van der Waals surface area contributed by atoms with E-state index in [9.17, 15) is 9.50 Å². The van der Waals surface area contributed by atoms with Gasteiger partial charge in [0.2, 0.25) is 0 Å². The lowest BCUT2D eigenvalue weighted by Crippen LogP contribution is -2.49. The molecule has 3 aliphatic heterocycles. The summed E-state index contributed by atoms with van der Waals surface area (Å²) in [7, 11) is 0. The average molecular weight is 437 g/mol. The molecule has 1 saturated heterocycles. The Hall–Kier alpha value is -2.83. The largest absolute Gasteiger partial charge is 0.508 e. The summed E-state index contributed by atoms with van der Waals surface area (Å²) in [5.41, 5.74) is 5.52. The minimum absolute atomic E-state index is 0.203. The molecule has 168 valence electrons. The molecular weight excluding hydrogens is 407 g/mol. The van der Waals surface area contributed by atoms with E-state index in [0.29, 0.717) is 6.61 Å². The molecule has 3 heterocycles. The molecule has 2 aromatic rings. The Morgan fingerprint density at radius 2 is 2.00 bits per heavy atom. The number of ether oxygens (including phenoxy) is 2. The number of nitrogens with one attached hydrogen (secondary N) is 1. The number of nitrogens with zero attached hydrogens (tertiary/aromatic N) is 1. The number of hydrogen-bond donors (Lipinski definition) is 2. The highest BCUT2D eigenvalue weighted by Gasteiger charge is 2.31. The molecule has 5 rings (SSSR count). The molecule has 6 heteroatoms. The Morgan fingerprint density at radius 1 is 1.19 bits per heavy atom. The number of phenols is 1. The summed E-state index contributed by atoms with van der Waals surface area (Å²) in [6.45, 7) is 6.61. The first-order chi connectivity index (χ1) is 15.6. The standard InChI is InChI=1S/C26H29FN2O3/c1-17-23-12-21(30)4-7-24(23)32-26(25(17)20-8-9-28-14-20)19-2-5-22(6-3-19)31-11-10-29-15-18(13-27)16-29/h2-8,12,18,26,28,30H,9-11,13-16H2,1H3. The van der Waals surface area contributed by atoms with E-state index in [0.717, 1.165) is 66.5 Å². The van der Waals surface area contributed by atoms with Gasteiger partial charge in [0, 0.05) is 49.8 Å². The second kappa shape index (κ2) is 8.96. The molecule has 0 spiro atoms. The van der Waals surface area contributed by atoms with Crippen molar-refractivity contribution in [2.75, 3.05) is 46.0 Å². The fourth-order valence-corrected chi connectivity index (χ4v) is 4.75. The maximum atomic E-state index is 12.6. The molecule has 3 aliphatic rings. The lowest BCUT2D eigenvalue weighted by molar-refractivity contribution is 0.0668. The van der Waals surface area contributed by atoms with Gasteiger partial charge in [0.15, 0.2) is 0 Å². The Bertz CT molecular complexity index is 1040. The van der Waals surface area contributed by atoms with Crippen LogP contribution in [0.5, 0.6) is 17.2 Å². The Balaban J connectivity index is 1.33. The van der Waals surface area contributed by atoms with Crippen LogP contribution in [0, 0.1) is 5.92 Å². The van der Waals surface area contributed by atoms with Crippen molar-refractivity contribution < 1.29 is 19.0 Å². The van der Waals surface area contributed by atoms with Crippen LogP contribution in [0.4, 0.5) is 4.39 Å². The molecule has 2 N–H and O–H groups in total. The second-order valence-corrected chi connectivity index (χ2v) is 8.77. The van der Waals surface area contributed by atoms with Crippen LogP contribution >= 0.6 is 0 Å². The summed E-state index contributed by atoms with van der Waals surface area (Å²) < 4.78 is 24.9. The third-order valence-electron chi connectivity index (χ3n) is 6.54. The molecule has 0 aliphatic carbocycles. The van der Waals surface area contributed by atoms with E-state index in [-0.39, 0.29) is 24.4 Å². The number of rotatable bonds is 7. The number of phenolic OH excluding ortho intramolecular Hbond substituents is 1. The quantitative estimate of drug-likeness (QED) is 0.684. The number of halogens is 1. The van der Waals surface area contributed by atoms with Gasteiger partial charge in [-0.1, -0.05) is 18.2 Å². The molecule has 32 heavy (non-hydrogen) atoms. The van der Waals surface area contributed by atoms with Crippen molar-refractivity contribution in [3.63, 3.8) is 0 Å². The van der Waals surface area contributed by atoms with E-state index in [1.807, 2.05) is 18.2 Å². The summed E-state index contributed by atoms with van der Waals surface area (Å²) in [6, 6.07) is 13.4. The van der Waals surface area contributed by atoms with E-state index in [4.69, 9.17) is 9.47 Å². The van der Waals surface area contributed by atoms with Crippen molar-refractivity contribution in [2.24, 2.45) is 5.92 Å². The van der Waals surface area contributed by atoms with Gasteiger partial charge in [0.05, 0.1) is 6.67 Å². The molecule has 1 fully saturated rings. The summed E-state index contributed by atoms with van der Waals surface area (Å²) >= 11 is 0. The Labute approximate surface area is 188 Å². The van der Waals surface area contributed by atoms with Gasteiger partial charge < -0.3 is 19.9 Å². The zero-order valence-electron chi connectivity index (χ0n) is 18.3. The van der Waals surface area contributed by atoms with E-state index in [2.05, 4.69) is 35.3 Å². The van der Waals surface area contributed by atoms with Crippen LogP contribution in [0.15, 0.2) is 59.7 Å². The van der Waals surface area contributed by atoms with Crippen LogP contribution in [0.3, 0.4) is 0 Å². The fourth-order valence-electron chi connectivity index (χ4n) is 4.75. The lowest BCUT2D eigenvalue weighted by Gasteiger charge is -2.37. The van der Waals surface area contributed by atoms with Crippen LogP contribution in [0.1, 0.15) is 24.2 Å². The summed E-state index contributed by atoms with van der Waals surface area (Å²) in [4.78, 5) is 2.22. The van der Waals surface area contributed by atoms with Crippen molar-refractivity contribution in [1.29, 1.82) is 0 Å². The van der Waals surface area contributed by atoms with E-state index >= 15 is 0 Å². The highest BCUT2D eigenvalue weighted by atomic mass is 19.1. The third kappa shape index (κ3) is 4.12. The molecule has 1 unspecified atom stereocenters. The van der Waals surface area contributed by atoms with Gasteiger partial charge >= 0.3 is 0 Å². The Morgan fingerprint density at radius 3 is 2.72 bits per heavy atom. The SMILES string of the molecule is CC1=C(C2=CCNC2)C(c2ccc(OCCN3CC(CF)C3)cc2)Oc2ccc(O)cc21. The van der Waals surface area contributed by atoms with E-state index in [1.54, 1.807) is 12.1 Å². The lowest BCUT2D eigenvalue weighted by atomic mass is 9.86. The average Bonchev–Trinajstić information content (AvgIpc) is 3.30. The second-order valence-electron chi connectivity index (χ2n) is 8.77. The molecule has 2 aromatic carbocycles. The van der Waals surface area contributed by atoms with Crippen LogP contribution in [0.2, 0.25) is 0 Å². The van der Waals surface area contributed by atoms with Gasteiger partial charge in [-0.15, -0.1) is 0 Å². The van der Waals surface area contributed by atoms with E-state index < -0.39 is 0 Å². The number of allylic oxidation sites excluding steroid dienone is 1. The first kappa shape index (κ1) is 21.0. The normalized spacial score (nSPS) is 21.1. The first-order valence-electron chi connectivity index (χ1n) is 11.2. The van der Waals surface area contributed by atoms with Gasteiger partial charge in [-0.3, -0.25) is 9.29 Å². The van der Waals surface area contributed by atoms with E-state index in [1.165, 1.54) is 5.57 Å². The van der Waals surface area contributed by atoms with Crippen molar-refractivity contribution >= 4 is 5.57 Å². The molecule has 0 radical (unpaired) electrons. The zero-order valence-corrected chi connectivity index (χ0v) is 18.3. The molecular formula is C26H29FN2O3. The highest BCUT2D eigenvalue weighted by Crippen LogP contribution is 2.46. The molecule has 0 saturated carbocycles. The van der Waals surface area contributed by atoms with Gasteiger partial charge in [-0.2, -0.15) is 0 Å². The van der Waals surface area contributed by atoms with Crippen molar-refractivity contribution in [2.45, 2.75) is 13.0 Å². The molecule has 0 bridgehead atoms. The summed E-state index contributed by atoms with van der Waals surface area (Å²) in [5, 5.41) is 13.4. The number of fused-ring (bicyclic) bond motifs is 1. The molecule has 0 aromatic heterocycles. The number of alkyl halides is 1. The maximum absolute atomic E-state index is 12.6. The monoisotopic (exact) mass is 436 g/mol. The topological polar surface area (TPSA) is 54.0 Å². The van der Waals surface area contributed by atoms with Crippen LogP contribution in [-0.2, 0) is 0 Å². The highest BCUT2D eigenvalue weighted by molar-refractivity contribution is 5.79. The number of hydrogen-bond acceptors (Lipinski definition) is 5. The minimum Gasteiger partial charge on any atom is -0.508 e. The molecule has 0 amide bonds. The molecule has 5 nitrogen and oxygen atoms in total. The number of benzene rings is 2. The van der Waals surface area contributed by atoms with Gasteiger partial charge in [-0.05, 0) is 54.0 Å². The molecule has 1 atom stereocenters. The smallest absolute Gasteiger partial charge is 0.149 e. The van der Waals surface area contributed by atoms with Gasteiger partial charge in [-0.25, -0.2) is 0 Å². The maximum Gasteiger partial charge on any atom is 0.149 e. The number of likely N-dealkylation sites (tertiary alicyclic amines) is 1. The summed E-state index contributed by atoms with van der Waals surface area (Å²) in [6.07, 6.45) is 2.00. The predicted octanol–water partition coefficient (Wildman–Crippen LogP) is 4.11. The van der Waals surface area contributed by atoms with Gasteiger partial charge in [0.1, 0.15) is 30.0 Å². The van der Waals surface area contributed by atoms with Crippen molar-refractivity contribution in [3.8, 4) is 17.2 Å². The van der Waals surface area contributed by atoms with Crippen LogP contribution < -0.4 is 14.8 Å².